The predicted octanol–water partition coefficient (Wildman–Crippen LogP) is 6.21. The van der Waals surface area contributed by atoms with Crippen molar-refractivity contribution in [2.24, 2.45) is 47.3 Å². The zero-order valence-electron chi connectivity index (χ0n) is 34.8. The summed E-state index contributed by atoms with van der Waals surface area (Å²) >= 11 is 0. The summed E-state index contributed by atoms with van der Waals surface area (Å²) in [7, 11) is 9.20. The van der Waals surface area contributed by atoms with Crippen LogP contribution in [0.15, 0.2) is 11.6 Å². The Morgan fingerprint density at radius 1 is 0.907 bits per heavy atom. The number of hydrogen-bond donors (Lipinski definition) is 0. The van der Waals surface area contributed by atoms with Crippen LogP contribution in [-0.2, 0) is 47.5 Å². The molecule has 2 aliphatic heterocycles. The maximum atomic E-state index is 14.8. The molecular formula is C43H71NO10. The first-order valence-electron chi connectivity index (χ1n) is 21.2. The van der Waals surface area contributed by atoms with Gasteiger partial charge in [0, 0.05) is 39.2 Å². The number of carbonyl (C=O) groups is 2. The van der Waals surface area contributed by atoms with Gasteiger partial charge in [0.15, 0.2) is 18.4 Å². The van der Waals surface area contributed by atoms with Crippen LogP contribution in [0.4, 0.5) is 0 Å². The molecule has 0 amide bonds. The van der Waals surface area contributed by atoms with Gasteiger partial charge in [0.2, 0.25) is 0 Å². The van der Waals surface area contributed by atoms with E-state index in [1.807, 2.05) is 20.8 Å². The molecule has 5 fully saturated rings. The quantitative estimate of drug-likeness (QED) is 0.149. The fraction of sp³-hybridized carbons (Fsp3) is 0.907. The molecule has 0 radical (unpaired) electrons. The van der Waals surface area contributed by atoms with Crippen molar-refractivity contribution < 1.29 is 47.5 Å². The molecule has 11 heteroatoms. The summed E-state index contributed by atoms with van der Waals surface area (Å²) in [5.74, 6) is 1.94. The number of ketones is 1. The Kier molecular flexibility index (Phi) is 14.4. The summed E-state index contributed by atoms with van der Waals surface area (Å²) in [6, 6.07) is 0.344. The molecule has 2 saturated heterocycles. The number of ether oxygens (including phenoxy) is 8. The van der Waals surface area contributed by atoms with Crippen molar-refractivity contribution >= 4 is 11.8 Å². The van der Waals surface area contributed by atoms with E-state index in [-0.39, 0.29) is 90.9 Å². The summed E-state index contributed by atoms with van der Waals surface area (Å²) in [6.45, 7) is 10.6. The van der Waals surface area contributed by atoms with Crippen molar-refractivity contribution in [1.29, 1.82) is 0 Å². The Balaban J connectivity index is 1.23. The molecule has 6 rings (SSSR count). The van der Waals surface area contributed by atoms with Gasteiger partial charge in [-0.05, 0) is 134 Å². The Labute approximate surface area is 324 Å². The Bertz CT molecular complexity index is 1290. The van der Waals surface area contributed by atoms with Gasteiger partial charge in [0.05, 0.1) is 43.5 Å². The van der Waals surface area contributed by atoms with Crippen molar-refractivity contribution in [3.8, 4) is 0 Å². The van der Waals surface area contributed by atoms with Gasteiger partial charge in [-0.25, -0.2) is 0 Å². The molecule has 3 saturated carbocycles. The molecule has 3 unspecified atom stereocenters. The Morgan fingerprint density at radius 2 is 1.65 bits per heavy atom. The van der Waals surface area contributed by atoms with E-state index in [0.717, 1.165) is 63.4 Å². The van der Waals surface area contributed by atoms with Gasteiger partial charge in [-0.15, -0.1) is 0 Å². The van der Waals surface area contributed by atoms with E-state index >= 15 is 0 Å². The number of methoxy groups -OCH3 is 3. The first-order chi connectivity index (χ1) is 25.9. The lowest BCUT2D eigenvalue weighted by Crippen LogP contribution is -2.47. The smallest absolute Gasteiger partial charge is 0.306 e. The maximum absolute atomic E-state index is 14.8. The second-order valence-electron chi connectivity index (χ2n) is 17.7. The fourth-order valence-corrected chi connectivity index (χ4v) is 11.1. The normalized spacial score (nSPS) is 41.9. The number of fused-ring (bicyclic) bond motifs is 8. The third-order valence-electron chi connectivity index (χ3n) is 14.4. The molecule has 0 N–H and O–H groups in total. The number of likely N-dealkylation sites (N-methyl/N-ethyl adjacent to an activating group) is 1. The predicted molar refractivity (Wildman–Crippen MR) is 203 cm³/mol. The number of cyclic esters (lactones) is 1. The highest BCUT2D eigenvalue weighted by atomic mass is 16.7. The van der Waals surface area contributed by atoms with E-state index in [1.165, 1.54) is 0 Å². The molecule has 0 spiro atoms. The summed E-state index contributed by atoms with van der Waals surface area (Å²) in [5.41, 5.74) is 0.834. The third kappa shape index (κ3) is 9.14. The number of rotatable bonds is 14. The van der Waals surface area contributed by atoms with Gasteiger partial charge in [-0.3, -0.25) is 9.59 Å². The molecule has 6 aliphatic rings. The molecule has 54 heavy (non-hydrogen) atoms. The summed E-state index contributed by atoms with van der Waals surface area (Å²) < 4.78 is 49.5. The molecule has 11 nitrogen and oxygen atoms in total. The third-order valence-corrected chi connectivity index (χ3v) is 14.4. The van der Waals surface area contributed by atoms with Crippen molar-refractivity contribution in [2.45, 2.75) is 160 Å². The highest BCUT2D eigenvalue weighted by molar-refractivity contribution is 5.99. The average Bonchev–Trinajstić information content (AvgIpc) is 3.69. The van der Waals surface area contributed by atoms with Crippen LogP contribution in [0.25, 0.3) is 0 Å². The lowest BCUT2D eigenvalue weighted by Gasteiger charge is -2.40. The van der Waals surface area contributed by atoms with Crippen LogP contribution in [0.5, 0.6) is 0 Å². The van der Waals surface area contributed by atoms with E-state index < -0.39 is 6.29 Å². The van der Waals surface area contributed by atoms with E-state index in [9.17, 15) is 9.59 Å². The van der Waals surface area contributed by atoms with Crippen LogP contribution in [-0.4, -0.2) is 120 Å². The highest BCUT2D eigenvalue weighted by Gasteiger charge is 2.64. The second-order valence-corrected chi connectivity index (χ2v) is 17.7. The van der Waals surface area contributed by atoms with Crippen LogP contribution in [0.1, 0.15) is 98.8 Å². The lowest BCUT2D eigenvalue weighted by atomic mass is 9.66. The number of nitrogens with zero attached hydrogens (tertiary/aromatic N) is 1. The number of Topliss-reactive ketones (excluding diaryl/α,β-unsaturated/α-hetero) is 1. The lowest BCUT2D eigenvalue weighted by molar-refractivity contribution is -0.255. The SMILES string of the molecule is CC[C@H]1CCC[C@H](O[C@H]2CC[C@H](N(C)C)C(C)O2)[C@@H](C)C(=O)C2=C[C@H]3[C@@H]4C[C@H](OC(OC(C)[C@@H](C)OC)[C@H](COC)OC)C[C@H]4[C@@H]4C[C@@H]4[C@H]3[C@@H]2CC(=O)O1. The minimum absolute atomic E-state index is 0.0118. The van der Waals surface area contributed by atoms with E-state index in [1.54, 1.807) is 21.3 Å². The molecule has 0 bridgehead atoms. The maximum Gasteiger partial charge on any atom is 0.306 e. The molecule has 2 heterocycles. The molecule has 18 atom stereocenters. The average molecular weight is 762 g/mol. The minimum Gasteiger partial charge on any atom is -0.462 e. The molecule has 0 aromatic rings. The monoisotopic (exact) mass is 762 g/mol. The minimum atomic E-state index is -0.610. The van der Waals surface area contributed by atoms with Crippen molar-refractivity contribution in [1.82, 2.24) is 4.90 Å². The van der Waals surface area contributed by atoms with Gasteiger partial charge in [0.1, 0.15) is 12.2 Å². The van der Waals surface area contributed by atoms with Crippen LogP contribution in [0.3, 0.4) is 0 Å². The number of esters is 1. The topological polar surface area (TPSA) is 111 Å². The zero-order chi connectivity index (χ0) is 38.8. The molecule has 308 valence electrons. The summed E-state index contributed by atoms with van der Waals surface area (Å²) in [6.07, 6.45) is 8.41. The summed E-state index contributed by atoms with van der Waals surface area (Å²) in [4.78, 5) is 30.7. The fourth-order valence-electron chi connectivity index (χ4n) is 11.1. The van der Waals surface area contributed by atoms with E-state index in [0.29, 0.717) is 36.3 Å². The van der Waals surface area contributed by atoms with Crippen molar-refractivity contribution in [3.05, 3.63) is 11.6 Å². The van der Waals surface area contributed by atoms with Crippen LogP contribution < -0.4 is 0 Å². The second kappa shape index (κ2) is 18.4. The van der Waals surface area contributed by atoms with E-state index in [4.69, 9.17) is 37.9 Å². The number of carbonyl (C=O) groups excluding carboxylic acids is 2. The van der Waals surface area contributed by atoms with Crippen LogP contribution >= 0.6 is 0 Å². The summed E-state index contributed by atoms with van der Waals surface area (Å²) in [5, 5.41) is 0. The molecule has 0 aromatic carbocycles. The van der Waals surface area contributed by atoms with Crippen molar-refractivity contribution in [3.63, 3.8) is 0 Å². The standard InChI is InChI=1S/C43H71NO10/c1-11-27-13-12-14-37(54-40-16-15-36(44(6)7)26(5)50-40)23(2)42(46)35-20-33-30-18-28(53-43(38(49-10)22-47-8)51-25(4)24(3)48-9)17-29(30)31-19-32(31)41(33)34(35)21-39(45)52-27/h20,23-34,36-38,40-41,43H,11-19,21-22H2,1-10H3/t23-,24-,25?,26?,27+,28-,29-,30-,31+,32+,33+,34-,36+,37+,38+,40+,41-,43?/m1/s1. The number of hydrogen-bond acceptors (Lipinski definition) is 11. The molecule has 4 aliphatic carbocycles. The Morgan fingerprint density at radius 3 is 2.31 bits per heavy atom. The first kappa shape index (κ1) is 42.2. The van der Waals surface area contributed by atoms with Crippen LogP contribution in [0.2, 0.25) is 0 Å². The largest absolute Gasteiger partial charge is 0.462 e. The van der Waals surface area contributed by atoms with Gasteiger partial charge < -0.3 is 42.8 Å². The molecule has 0 aromatic heterocycles. The highest BCUT2D eigenvalue weighted by Crippen LogP contribution is 2.69. The Hall–Kier alpha value is -1.44. The van der Waals surface area contributed by atoms with Crippen LogP contribution in [0, 0.1) is 47.3 Å². The van der Waals surface area contributed by atoms with Crippen molar-refractivity contribution in [2.75, 3.05) is 42.0 Å². The van der Waals surface area contributed by atoms with E-state index in [2.05, 4.69) is 38.9 Å². The van der Waals surface area contributed by atoms with Gasteiger partial charge >= 0.3 is 5.97 Å². The first-order valence-corrected chi connectivity index (χ1v) is 21.2. The van der Waals surface area contributed by atoms with Gasteiger partial charge in [-0.2, -0.15) is 0 Å². The molecular weight excluding hydrogens is 690 g/mol. The van der Waals surface area contributed by atoms with Gasteiger partial charge in [0.25, 0.3) is 0 Å². The number of allylic oxidation sites excluding steroid dienone is 2. The van der Waals surface area contributed by atoms with Gasteiger partial charge in [-0.1, -0.05) is 19.9 Å². The zero-order valence-corrected chi connectivity index (χ0v) is 34.8.